The number of carbonyl (C=O) groups is 1. The Morgan fingerprint density at radius 1 is 1.00 bits per heavy atom. The lowest BCUT2D eigenvalue weighted by atomic mass is 10.1. The molecule has 0 atom stereocenters. The van der Waals surface area contributed by atoms with Crippen LogP contribution in [-0.4, -0.2) is 15.5 Å². The predicted octanol–water partition coefficient (Wildman–Crippen LogP) is 5.40. The molecule has 174 valence electrons. The molecule has 34 heavy (non-hydrogen) atoms. The van der Waals surface area contributed by atoms with Gasteiger partial charge in [-0.3, -0.25) is 9.59 Å². The van der Waals surface area contributed by atoms with Crippen LogP contribution in [0.1, 0.15) is 21.5 Å². The second-order valence-electron chi connectivity index (χ2n) is 7.69. The average molecular weight is 470 g/mol. The summed E-state index contributed by atoms with van der Waals surface area (Å²) < 4.78 is 54.3. The molecule has 3 aromatic carbocycles. The molecule has 0 saturated carbocycles. The highest BCUT2D eigenvalue weighted by atomic mass is 19.4. The minimum Gasteiger partial charge on any atom is -0.355 e. The summed E-state index contributed by atoms with van der Waals surface area (Å²) >= 11 is 0. The quantitative estimate of drug-likeness (QED) is 0.392. The molecule has 0 aliphatic rings. The molecule has 0 aliphatic heterocycles. The predicted molar refractivity (Wildman–Crippen MR) is 121 cm³/mol. The summed E-state index contributed by atoms with van der Waals surface area (Å²) in [5.41, 5.74) is 0.681. The van der Waals surface area contributed by atoms with E-state index in [1.165, 1.54) is 10.9 Å². The van der Waals surface area contributed by atoms with Gasteiger partial charge in [0.25, 0.3) is 11.5 Å². The summed E-state index contributed by atoms with van der Waals surface area (Å²) in [6.45, 7) is 1.81. The number of alkyl halides is 3. The van der Waals surface area contributed by atoms with Crippen LogP contribution in [0.4, 0.5) is 34.6 Å². The molecule has 6 nitrogen and oxygen atoms in total. The van der Waals surface area contributed by atoms with Crippen molar-refractivity contribution in [2.45, 2.75) is 13.1 Å². The fourth-order valence-electron chi connectivity index (χ4n) is 3.35. The Balaban J connectivity index is 1.61. The fourth-order valence-corrected chi connectivity index (χ4v) is 3.35. The van der Waals surface area contributed by atoms with E-state index in [1.807, 2.05) is 6.92 Å². The molecule has 0 spiro atoms. The SMILES string of the molecule is Cc1ccc(NC(=O)c2cc(C(F)(F)F)ccc2F)cc1Nc1ccc2ncn(C)c(=O)c2c1. The summed E-state index contributed by atoms with van der Waals surface area (Å²) in [6, 6.07) is 11.5. The van der Waals surface area contributed by atoms with Crippen LogP contribution in [0.15, 0.2) is 65.7 Å². The van der Waals surface area contributed by atoms with E-state index in [1.54, 1.807) is 43.4 Å². The van der Waals surface area contributed by atoms with Crippen molar-refractivity contribution in [3.05, 3.63) is 93.8 Å². The van der Waals surface area contributed by atoms with E-state index in [9.17, 15) is 27.2 Å². The number of rotatable bonds is 4. The Hall–Kier alpha value is -4.21. The van der Waals surface area contributed by atoms with Gasteiger partial charge in [-0.25, -0.2) is 9.37 Å². The van der Waals surface area contributed by atoms with Gasteiger partial charge in [-0.05, 0) is 61.0 Å². The fraction of sp³-hybridized carbons (Fsp3) is 0.125. The molecule has 0 radical (unpaired) electrons. The van der Waals surface area contributed by atoms with Gasteiger partial charge < -0.3 is 15.2 Å². The van der Waals surface area contributed by atoms with Crippen molar-refractivity contribution < 1.29 is 22.4 Å². The number of hydrogen-bond acceptors (Lipinski definition) is 4. The van der Waals surface area contributed by atoms with Crippen molar-refractivity contribution in [2.24, 2.45) is 7.05 Å². The van der Waals surface area contributed by atoms with Gasteiger partial charge in [0.15, 0.2) is 0 Å². The van der Waals surface area contributed by atoms with Gasteiger partial charge in [0.05, 0.1) is 28.4 Å². The van der Waals surface area contributed by atoms with E-state index >= 15 is 0 Å². The minimum absolute atomic E-state index is 0.213. The van der Waals surface area contributed by atoms with Crippen LogP contribution < -0.4 is 16.2 Å². The van der Waals surface area contributed by atoms with Crippen molar-refractivity contribution in [2.75, 3.05) is 10.6 Å². The normalized spacial score (nSPS) is 11.5. The van der Waals surface area contributed by atoms with Crippen LogP contribution in [0.25, 0.3) is 10.9 Å². The monoisotopic (exact) mass is 470 g/mol. The van der Waals surface area contributed by atoms with Crippen molar-refractivity contribution >= 4 is 33.9 Å². The molecule has 0 aliphatic carbocycles. The number of fused-ring (bicyclic) bond motifs is 1. The first kappa shape index (κ1) is 23.0. The first-order valence-electron chi connectivity index (χ1n) is 10.0. The third kappa shape index (κ3) is 4.61. The molecular weight excluding hydrogens is 452 g/mol. The second kappa shape index (κ2) is 8.62. The maximum absolute atomic E-state index is 14.1. The molecule has 1 amide bonds. The number of benzene rings is 3. The average Bonchev–Trinajstić information content (AvgIpc) is 2.78. The van der Waals surface area contributed by atoms with Crippen LogP contribution in [-0.2, 0) is 13.2 Å². The molecule has 1 aromatic heterocycles. The standard InChI is InChI=1S/C24H18F4N4O2/c1-13-3-5-16(31-22(33)17-9-14(24(26,27)28)4-7-19(17)25)11-21(13)30-15-6-8-20-18(10-15)23(34)32(2)12-29-20/h3-12,30H,1-2H3,(H,31,33). The third-order valence-electron chi connectivity index (χ3n) is 5.23. The number of aryl methyl sites for hydroxylation is 2. The van der Waals surface area contributed by atoms with Crippen LogP contribution in [0.5, 0.6) is 0 Å². The second-order valence-corrected chi connectivity index (χ2v) is 7.69. The van der Waals surface area contributed by atoms with E-state index in [0.717, 1.165) is 5.56 Å². The Bertz CT molecular complexity index is 1480. The van der Waals surface area contributed by atoms with Crippen LogP contribution in [0.2, 0.25) is 0 Å². The Labute approximate surface area is 190 Å². The lowest BCUT2D eigenvalue weighted by Crippen LogP contribution is -2.17. The first-order chi connectivity index (χ1) is 16.0. The smallest absolute Gasteiger partial charge is 0.355 e. The van der Waals surface area contributed by atoms with E-state index in [4.69, 9.17) is 0 Å². The van der Waals surface area contributed by atoms with Crippen molar-refractivity contribution in [3.8, 4) is 0 Å². The number of amides is 1. The Kier molecular flexibility index (Phi) is 5.82. The Morgan fingerprint density at radius 2 is 1.74 bits per heavy atom. The summed E-state index contributed by atoms with van der Waals surface area (Å²) in [7, 11) is 1.60. The number of nitrogens with one attached hydrogen (secondary N) is 2. The highest BCUT2D eigenvalue weighted by Gasteiger charge is 2.32. The molecule has 1 heterocycles. The number of halogens is 4. The summed E-state index contributed by atoms with van der Waals surface area (Å²) in [5.74, 6) is -2.08. The van der Waals surface area contributed by atoms with E-state index in [2.05, 4.69) is 15.6 Å². The largest absolute Gasteiger partial charge is 0.416 e. The number of anilines is 3. The molecule has 0 saturated heterocycles. The summed E-state index contributed by atoms with van der Waals surface area (Å²) in [5, 5.41) is 6.00. The van der Waals surface area contributed by atoms with Gasteiger partial charge in [0.2, 0.25) is 0 Å². The minimum atomic E-state index is -4.71. The lowest BCUT2D eigenvalue weighted by Gasteiger charge is -2.14. The van der Waals surface area contributed by atoms with Crippen LogP contribution in [0.3, 0.4) is 0 Å². The van der Waals surface area contributed by atoms with Gasteiger partial charge in [0.1, 0.15) is 5.82 Å². The number of aromatic nitrogens is 2. The zero-order valence-corrected chi connectivity index (χ0v) is 18.0. The maximum Gasteiger partial charge on any atom is 0.416 e. The number of nitrogens with zero attached hydrogens (tertiary/aromatic N) is 2. The third-order valence-corrected chi connectivity index (χ3v) is 5.23. The molecule has 0 bridgehead atoms. The van der Waals surface area contributed by atoms with Gasteiger partial charge in [-0.15, -0.1) is 0 Å². The van der Waals surface area contributed by atoms with Crippen LogP contribution >= 0.6 is 0 Å². The van der Waals surface area contributed by atoms with Gasteiger partial charge in [-0.1, -0.05) is 6.07 Å². The van der Waals surface area contributed by atoms with E-state index < -0.39 is 29.0 Å². The Morgan fingerprint density at radius 3 is 2.47 bits per heavy atom. The summed E-state index contributed by atoms with van der Waals surface area (Å²) in [6.07, 6.45) is -3.28. The molecule has 4 rings (SSSR count). The zero-order valence-electron chi connectivity index (χ0n) is 18.0. The highest BCUT2D eigenvalue weighted by Crippen LogP contribution is 2.31. The number of hydrogen-bond donors (Lipinski definition) is 2. The number of carbonyl (C=O) groups excluding carboxylic acids is 1. The van der Waals surface area contributed by atoms with Crippen molar-refractivity contribution in [1.29, 1.82) is 0 Å². The lowest BCUT2D eigenvalue weighted by molar-refractivity contribution is -0.137. The topological polar surface area (TPSA) is 76.0 Å². The molecular formula is C24H18F4N4O2. The molecule has 0 fully saturated rings. The van der Waals surface area contributed by atoms with Crippen molar-refractivity contribution in [3.63, 3.8) is 0 Å². The molecule has 2 N–H and O–H groups in total. The van der Waals surface area contributed by atoms with Crippen molar-refractivity contribution in [1.82, 2.24) is 9.55 Å². The van der Waals surface area contributed by atoms with E-state index in [0.29, 0.717) is 40.5 Å². The highest BCUT2D eigenvalue weighted by molar-refractivity contribution is 6.05. The van der Waals surface area contributed by atoms with E-state index in [-0.39, 0.29) is 11.2 Å². The van der Waals surface area contributed by atoms with Gasteiger partial charge in [-0.2, -0.15) is 13.2 Å². The zero-order chi connectivity index (χ0) is 24.6. The van der Waals surface area contributed by atoms with Gasteiger partial charge >= 0.3 is 6.18 Å². The molecule has 0 unspecified atom stereocenters. The summed E-state index contributed by atoms with van der Waals surface area (Å²) in [4.78, 5) is 29.1. The molecule has 10 heteroatoms. The maximum atomic E-state index is 14.1. The molecule has 4 aromatic rings. The first-order valence-corrected chi connectivity index (χ1v) is 10.0. The van der Waals surface area contributed by atoms with Crippen LogP contribution in [0, 0.1) is 12.7 Å². The van der Waals surface area contributed by atoms with Gasteiger partial charge in [0, 0.05) is 24.1 Å².